The number of benzene rings is 2. The fourth-order valence-electron chi connectivity index (χ4n) is 3.94. The summed E-state index contributed by atoms with van der Waals surface area (Å²) in [6, 6.07) is 16.3. The highest BCUT2D eigenvalue weighted by Crippen LogP contribution is 2.40. The van der Waals surface area contributed by atoms with Gasteiger partial charge in [0.1, 0.15) is 17.6 Å². The molecule has 0 saturated carbocycles. The average molecular weight is 453 g/mol. The molecule has 0 aliphatic heterocycles. The minimum absolute atomic E-state index is 0.813. The SMILES string of the molecule is CO[C]1C=CC(=C(C(=C2C=CC(=[O+]C)C=C2)c2ccc(OC)cc2)c2ccc(OC)cc2)C=C1. The van der Waals surface area contributed by atoms with Crippen molar-refractivity contribution in [1.82, 2.24) is 0 Å². The normalized spacial score (nSPS) is 15.0. The van der Waals surface area contributed by atoms with Gasteiger partial charge in [0.25, 0.3) is 7.11 Å². The van der Waals surface area contributed by atoms with E-state index in [2.05, 4.69) is 48.6 Å². The van der Waals surface area contributed by atoms with Crippen LogP contribution in [-0.2, 0) is 9.16 Å². The van der Waals surface area contributed by atoms with E-state index >= 15 is 0 Å². The number of hydrogen-bond acceptors (Lipinski definition) is 3. The molecule has 34 heavy (non-hydrogen) atoms. The maximum Gasteiger partial charge on any atom is 0.343 e. The Labute approximate surface area is 201 Å². The summed E-state index contributed by atoms with van der Waals surface area (Å²) < 4.78 is 21.6. The smallest absolute Gasteiger partial charge is 0.343 e. The molecule has 0 aromatic heterocycles. The van der Waals surface area contributed by atoms with Crippen molar-refractivity contribution in [3.05, 3.63) is 126 Å². The van der Waals surface area contributed by atoms with Gasteiger partial charge in [-0.3, -0.25) is 4.42 Å². The van der Waals surface area contributed by atoms with Crippen molar-refractivity contribution in [2.75, 3.05) is 28.4 Å². The van der Waals surface area contributed by atoms with Crippen molar-refractivity contribution < 1.29 is 18.6 Å². The van der Waals surface area contributed by atoms with E-state index in [1.807, 2.05) is 48.6 Å². The summed E-state index contributed by atoms with van der Waals surface area (Å²) in [5.74, 6) is 2.44. The van der Waals surface area contributed by atoms with Crippen LogP contribution in [0.4, 0.5) is 0 Å². The lowest BCUT2D eigenvalue weighted by molar-refractivity contribution is -0.417. The standard InChI is InChI=1S/C30H28O4/c1-31-25-13-5-21(6-14-25)29(22-7-15-26(32-2)16-8-22)30(23-9-17-27(33-3)18-10-23)24-11-19-28(34-4)20-12-24/h5-20H,1-4H3/q+1. The molecule has 0 fully saturated rings. The van der Waals surface area contributed by atoms with Gasteiger partial charge in [-0.05, 0) is 82.0 Å². The van der Waals surface area contributed by atoms with Crippen LogP contribution in [0.5, 0.6) is 11.5 Å². The Balaban J connectivity index is 1.98. The van der Waals surface area contributed by atoms with E-state index in [1.165, 1.54) is 0 Å². The zero-order chi connectivity index (χ0) is 23.9. The third-order valence-electron chi connectivity index (χ3n) is 5.76. The molecule has 0 bridgehead atoms. The molecule has 0 saturated heterocycles. The van der Waals surface area contributed by atoms with Crippen molar-refractivity contribution in [1.29, 1.82) is 0 Å². The van der Waals surface area contributed by atoms with Crippen LogP contribution in [0, 0.1) is 6.10 Å². The maximum atomic E-state index is 5.41. The predicted molar refractivity (Wildman–Crippen MR) is 138 cm³/mol. The number of ketones is 1. The van der Waals surface area contributed by atoms with E-state index in [4.69, 9.17) is 18.6 Å². The molecular formula is C30H28O4+. The summed E-state index contributed by atoms with van der Waals surface area (Å²) in [4.78, 5) is 0. The second-order valence-electron chi connectivity index (χ2n) is 7.66. The first kappa shape index (κ1) is 23.3. The molecule has 2 aliphatic rings. The minimum Gasteiger partial charge on any atom is -0.497 e. The summed E-state index contributed by atoms with van der Waals surface area (Å²) in [7, 11) is 6.70. The first-order valence-electron chi connectivity index (χ1n) is 11.0. The molecule has 0 amide bonds. The van der Waals surface area contributed by atoms with Gasteiger partial charge in [0.2, 0.25) is 0 Å². The number of rotatable bonds is 6. The van der Waals surface area contributed by atoms with Crippen molar-refractivity contribution in [3.63, 3.8) is 0 Å². The van der Waals surface area contributed by atoms with Crippen LogP contribution in [-0.4, -0.2) is 34.2 Å². The lowest BCUT2D eigenvalue weighted by Crippen LogP contribution is -2.03. The second kappa shape index (κ2) is 10.8. The van der Waals surface area contributed by atoms with E-state index < -0.39 is 0 Å². The van der Waals surface area contributed by atoms with Crippen LogP contribution in [0.15, 0.2) is 108 Å². The lowest BCUT2D eigenvalue weighted by atomic mass is 9.83. The van der Waals surface area contributed by atoms with Crippen molar-refractivity contribution in [2.24, 2.45) is 0 Å². The van der Waals surface area contributed by atoms with E-state index in [0.717, 1.165) is 56.8 Å². The van der Waals surface area contributed by atoms with Crippen molar-refractivity contribution in [3.8, 4) is 11.5 Å². The fraction of sp³-hybridized carbons (Fsp3) is 0.133. The molecule has 2 aliphatic carbocycles. The van der Waals surface area contributed by atoms with Crippen molar-refractivity contribution >= 4 is 16.9 Å². The topological polar surface area (TPSA) is 39.0 Å². The molecule has 0 atom stereocenters. The Hall–Kier alpha value is -3.89. The van der Waals surface area contributed by atoms with Gasteiger partial charge in [-0.1, -0.05) is 36.4 Å². The zero-order valence-electron chi connectivity index (χ0n) is 19.9. The third kappa shape index (κ3) is 5.03. The molecule has 0 spiro atoms. The van der Waals surface area contributed by atoms with Crippen LogP contribution in [0.1, 0.15) is 11.1 Å². The number of carbonyl (C=O) groups excluding carboxylic acids is 1. The Morgan fingerprint density at radius 1 is 0.529 bits per heavy atom. The van der Waals surface area contributed by atoms with Gasteiger partial charge in [-0.25, -0.2) is 0 Å². The first-order valence-corrected chi connectivity index (χ1v) is 11.0. The molecule has 0 unspecified atom stereocenters. The van der Waals surface area contributed by atoms with Gasteiger partial charge in [-0.15, -0.1) is 0 Å². The van der Waals surface area contributed by atoms with E-state index in [-0.39, 0.29) is 0 Å². The molecule has 4 heteroatoms. The van der Waals surface area contributed by atoms with Crippen LogP contribution in [0.25, 0.3) is 11.1 Å². The molecule has 1 radical (unpaired) electrons. The number of hydrogen-bond donors (Lipinski definition) is 0. The second-order valence-corrected chi connectivity index (χ2v) is 7.66. The van der Waals surface area contributed by atoms with Crippen LogP contribution < -0.4 is 9.47 Å². The Kier molecular flexibility index (Phi) is 7.41. The average Bonchev–Trinajstić information content (AvgIpc) is 2.92. The zero-order valence-corrected chi connectivity index (χ0v) is 19.9. The molecule has 0 N–H and O–H groups in total. The summed E-state index contributed by atoms with van der Waals surface area (Å²) >= 11 is 0. The van der Waals surface area contributed by atoms with Gasteiger partial charge >= 0.3 is 5.78 Å². The maximum absolute atomic E-state index is 5.41. The molecule has 4 nitrogen and oxygen atoms in total. The molecule has 4 rings (SSSR count). The third-order valence-corrected chi connectivity index (χ3v) is 5.76. The fourth-order valence-corrected chi connectivity index (χ4v) is 3.94. The summed E-state index contributed by atoms with van der Waals surface area (Å²) in [6.07, 6.45) is 17.1. The number of methoxy groups -OCH3 is 3. The minimum atomic E-state index is 0.813. The number of ether oxygens (including phenoxy) is 3. The molecule has 0 heterocycles. The van der Waals surface area contributed by atoms with Gasteiger partial charge in [0, 0.05) is 19.3 Å². The molecule has 2 aromatic rings. The van der Waals surface area contributed by atoms with E-state index in [9.17, 15) is 0 Å². The van der Waals surface area contributed by atoms with Gasteiger partial charge < -0.3 is 14.2 Å². The summed E-state index contributed by atoms with van der Waals surface area (Å²) in [5, 5.41) is 0. The predicted octanol–water partition coefficient (Wildman–Crippen LogP) is 6.08. The Bertz CT molecular complexity index is 1200. The number of allylic oxidation sites excluding steroid dienone is 10. The summed E-state index contributed by atoms with van der Waals surface area (Å²) in [6.45, 7) is 0. The molecular weight excluding hydrogens is 424 g/mol. The van der Waals surface area contributed by atoms with Gasteiger partial charge in [0.15, 0.2) is 0 Å². The molecule has 2 aromatic carbocycles. The summed E-state index contributed by atoms with van der Waals surface area (Å²) in [5.41, 5.74) is 6.50. The Morgan fingerprint density at radius 2 is 0.941 bits per heavy atom. The van der Waals surface area contributed by atoms with Gasteiger partial charge in [-0.2, -0.15) is 0 Å². The van der Waals surface area contributed by atoms with Gasteiger partial charge in [0.05, 0.1) is 14.2 Å². The lowest BCUT2D eigenvalue weighted by Gasteiger charge is -2.21. The highest BCUT2D eigenvalue weighted by molar-refractivity contribution is 6.12. The molecule has 171 valence electrons. The van der Waals surface area contributed by atoms with E-state index in [0.29, 0.717) is 0 Å². The first-order chi connectivity index (χ1) is 16.7. The highest BCUT2D eigenvalue weighted by Gasteiger charge is 2.20. The monoisotopic (exact) mass is 452 g/mol. The highest BCUT2D eigenvalue weighted by atomic mass is 16.5. The van der Waals surface area contributed by atoms with Crippen LogP contribution >= 0.6 is 0 Å². The van der Waals surface area contributed by atoms with E-state index in [1.54, 1.807) is 28.4 Å². The van der Waals surface area contributed by atoms with Crippen LogP contribution in [0.2, 0.25) is 0 Å². The Morgan fingerprint density at radius 3 is 1.29 bits per heavy atom. The quantitative estimate of drug-likeness (QED) is 0.499. The van der Waals surface area contributed by atoms with Crippen molar-refractivity contribution in [2.45, 2.75) is 0 Å². The van der Waals surface area contributed by atoms with Crippen LogP contribution in [0.3, 0.4) is 0 Å². The largest absolute Gasteiger partial charge is 0.497 e.